The maximum absolute atomic E-state index is 12.6. The lowest BCUT2D eigenvalue weighted by atomic mass is 10.1. The average molecular weight is 388 g/mol. The van der Waals surface area contributed by atoms with Crippen LogP contribution in [0.4, 0.5) is 5.13 Å². The molecule has 2 aromatic rings. The molecule has 0 radical (unpaired) electrons. The van der Waals surface area contributed by atoms with E-state index < -0.39 is 10.0 Å². The van der Waals surface area contributed by atoms with E-state index in [1.165, 1.54) is 7.11 Å². The van der Waals surface area contributed by atoms with E-state index in [0.29, 0.717) is 15.5 Å². The Morgan fingerprint density at radius 2 is 1.88 bits per heavy atom. The highest BCUT2D eigenvalue weighted by molar-refractivity contribution is 8.01. The molecule has 0 aliphatic heterocycles. The van der Waals surface area contributed by atoms with Crippen LogP contribution in [0.25, 0.3) is 0 Å². The molecule has 0 aliphatic carbocycles. The number of sulfonamides is 1. The van der Waals surface area contributed by atoms with Gasteiger partial charge in [-0.05, 0) is 31.9 Å². The zero-order valence-electron chi connectivity index (χ0n) is 13.6. The minimum atomic E-state index is -3.76. The van der Waals surface area contributed by atoms with Gasteiger partial charge in [0.05, 0.1) is 17.8 Å². The number of carbonyl (C=O) groups excluding carboxylic acids is 1. The lowest BCUT2D eigenvalue weighted by molar-refractivity contribution is -0.137. The van der Waals surface area contributed by atoms with E-state index in [1.54, 1.807) is 13.8 Å². The number of anilines is 1. The molecule has 1 aromatic heterocycles. The lowest BCUT2D eigenvalue weighted by Crippen LogP contribution is -2.15. The maximum atomic E-state index is 12.6. The Bertz CT molecular complexity index is 839. The molecule has 1 N–H and O–H groups in total. The monoisotopic (exact) mass is 387 g/mol. The number of rotatable bonds is 6. The predicted molar refractivity (Wildman–Crippen MR) is 94.1 cm³/mol. The first-order valence-corrected chi connectivity index (χ1v) is 10.1. The van der Waals surface area contributed by atoms with Crippen LogP contribution < -0.4 is 4.72 Å². The molecule has 1 aromatic carbocycles. The Balaban J connectivity index is 2.19. The van der Waals surface area contributed by atoms with E-state index in [4.69, 9.17) is 0 Å². The van der Waals surface area contributed by atoms with Crippen LogP contribution >= 0.6 is 23.1 Å². The number of nitrogens with one attached hydrogen (secondary N) is 1. The van der Waals surface area contributed by atoms with E-state index in [9.17, 15) is 13.2 Å². The highest BCUT2D eigenvalue weighted by atomic mass is 32.2. The van der Waals surface area contributed by atoms with Gasteiger partial charge in [0.1, 0.15) is 0 Å². The molecule has 7 nitrogen and oxygen atoms in total. The van der Waals surface area contributed by atoms with Crippen molar-refractivity contribution in [1.29, 1.82) is 0 Å². The van der Waals surface area contributed by atoms with Crippen molar-refractivity contribution in [3.05, 3.63) is 28.8 Å². The molecule has 1 heterocycles. The van der Waals surface area contributed by atoms with Gasteiger partial charge < -0.3 is 4.74 Å². The van der Waals surface area contributed by atoms with Crippen molar-refractivity contribution in [1.82, 2.24) is 10.2 Å². The molecular weight excluding hydrogens is 370 g/mol. The van der Waals surface area contributed by atoms with Crippen LogP contribution in [0.1, 0.15) is 16.7 Å². The van der Waals surface area contributed by atoms with Crippen molar-refractivity contribution in [3.63, 3.8) is 0 Å². The largest absolute Gasteiger partial charge is 0.468 e. The normalized spacial score (nSPS) is 11.3. The molecule has 0 atom stereocenters. The average Bonchev–Trinajstić information content (AvgIpc) is 2.89. The summed E-state index contributed by atoms with van der Waals surface area (Å²) in [6.45, 7) is 5.43. The first-order valence-electron chi connectivity index (χ1n) is 6.86. The second kappa shape index (κ2) is 7.49. The van der Waals surface area contributed by atoms with Gasteiger partial charge in [-0.15, -0.1) is 10.2 Å². The van der Waals surface area contributed by atoms with Crippen LogP contribution in [0.5, 0.6) is 0 Å². The maximum Gasteiger partial charge on any atom is 0.316 e. The Morgan fingerprint density at radius 1 is 1.25 bits per heavy atom. The number of hydrogen-bond acceptors (Lipinski definition) is 8. The third kappa shape index (κ3) is 4.46. The quantitative estimate of drug-likeness (QED) is 0.601. The predicted octanol–water partition coefficient (Wildman–Crippen LogP) is 2.53. The minimum absolute atomic E-state index is 0.0913. The fraction of sp³-hybridized carbons (Fsp3) is 0.357. The molecule has 24 heavy (non-hydrogen) atoms. The topological polar surface area (TPSA) is 98.2 Å². The number of carbonyl (C=O) groups is 1. The van der Waals surface area contributed by atoms with Crippen molar-refractivity contribution in [2.75, 3.05) is 17.6 Å². The summed E-state index contributed by atoms with van der Waals surface area (Å²) in [5.74, 6) is -0.295. The molecule has 0 saturated heterocycles. The molecule has 0 bridgehead atoms. The highest BCUT2D eigenvalue weighted by Crippen LogP contribution is 2.29. The summed E-state index contributed by atoms with van der Waals surface area (Å²) in [7, 11) is -2.46. The number of benzene rings is 1. The fourth-order valence-electron chi connectivity index (χ4n) is 2.25. The summed E-state index contributed by atoms with van der Waals surface area (Å²) in [5.41, 5.74) is 2.34. The summed E-state index contributed by atoms with van der Waals surface area (Å²) in [6, 6.07) is 3.64. The van der Waals surface area contributed by atoms with Gasteiger partial charge >= 0.3 is 5.97 Å². The number of thioether (sulfide) groups is 1. The van der Waals surface area contributed by atoms with Gasteiger partial charge in [-0.2, -0.15) is 0 Å². The zero-order chi connectivity index (χ0) is 17.9. The number of hydrogen-bond donors (Lipinski definition) is 1. The Hall–Kier alpha value is -1.65. The number of aromatic nitrogens is 2. The second-order valence-corrected chi connectivity index (χ2v) is 8.89. The first-order chi connectivity index (χ1) is 11.2. The van der Waals surface area contributed by atoms with E-state index in [1.807, 2.05) is 19.1 Å². The Labute approximate surface area is 148 Å². The molecule has 130 valence electrons. The smallest absolute Gasteiger partial charge is 0.316 e. The molecule has 0 fully saturated rings. The van der Waals surface area contributed by atoms with Gasteiger partial charge in [-0.1, -0.05) is 40.8 Å². The van der Waals surface area contributed by atoms with Crippen LogP contribution in [0, 0.1) is 20.8 Å². The van der Waals surface area contributed by atoms with Gasteiger partial charge in [0.15, 0.2) is 4.34 Å². The van der Waals surface area contributed by atoms with Crippen molar-refractivity contribution in [2.24, 2.45) is 0 Å². The van der Waals surface area contributed by atoms with Crippen LogP contribution in [-0.2, 0) is 19.6 Å². The van der Waals surface area contributed by atoms with E-state index in [0.717, 1.165) is 28.7 Å². The van der Waals surface area contributed by atoms with Crippen molar-refractivity contribution in [3.8, 4) is 0 Å². The van der Waals surface area contributed by atoms with Gasteiger partial charge in [-0.3, -0.25) is 9.52 Å². The van der Waals surface area contributed by atoms with Gasteiger partial charge in [0.2, 0.25) is 5.13 Å². The van der Waals surface area contributed by atoms with E-state index >= 15 is 0 Å². The van der Waals surface area contributed by atoms with Crippen LogP contribution in [0.2, 0.25) is 0 Å². The van der Waals surface area contributed by atoms with Crippen LogP contribution in [0.15, 0.2) is 21.4 Å². The second-order valence-electron chi connectivity index (χ2n) is 5.07. The number of methoxy groups -OCH3 is 1. The standard InChI is InChI=1S/C14H17N3O4S3/c1-8-5-9(2)12(10(3)6-8)24(19,20)17-13-15-16-14(23-13)22-7-11(18)21-4/h5-6H,7H2,1-4H3,(H,15,17). The van der Waals surface area contributed by atoms with Crippen LogP contribution in [0.3, 0.4) is 0 Å². The molecule has 0 spiro atoms. The lowest BCUT2D eigenvalue weighted by Gasteiger charge is -2.12. The summed E-state index contributed by atoms with van der Waals surface area (Å²) in [5, 5.41) is 7.82. The molecule has 2 rings (SSSR count). The summed E-state index contributed by atoms with van der Waals surface area (Å²) < 4.78 is 32.7. The number of esters is 1. The number of aryl methyl sites for hydroxylation is 3. The van der Waals surface area contributed by atoms with Gasteiger partial charge in [0, 0.05) is 0 Å². The Morgan fingerprint density at radius 3 is 2.46 bits per heavy atom. The molecule has 0 amide bonds. The molecular formula is C14H17N3O4S3. The fourth-order valence-corrected chi connectivity index (χ4v) is 5.52. The zero-order valence-corrected chi connectivity index (χ0v) is 16.1. The van der Waals surface area contributed by atoms with Crippen molar-refractivity contribution in [2.45, 2.75) is 30.0 Å². The van der Waals surface area contributed by atoms with Gasteiger partial charge in [0.25, 0.3) is 10.0 Å². The van der Waals surface area contributed by atoms with Crippen molar-refractivity contribution < 1.29 is 17.9 Å². The summed E-state index contributed by atoms with van der Waals surface area (Å²) >= 11 is 2.20. The molecule has 0 saturated carbocycles. The van der Waals surface area contributed by atoms with E-state index in [2.05, 4.69) is 19.7 Å². The first kappa shape index (κ1) is 18.7. The summed E-state index contributed by atoms with van der Waals surface area (Å²) in [6.07, 6.45) is 0. The van der Waals surface area contributed by atoms with E-state index in [-0.39, 0.29) is 21.7 Å². The highest BCUT2D eigenvalue weighted by Gasteiger charge is 2.22. The van der Waals surface area contributed by atoms with Gasteiger partial charge in [-0.25, -0.2) is 8.42 Å². The molecule has 0 aliphatic rings. The minimum Gasteiger partial charge on any atom is -0.468 e. The third-order valence-electron chi connectivity index (χ3n) is 3.04. The molecule has 0 unspecified atom stereocenters. The number of ether oxygens (including phenoxy) is 1. The SMILES string of the molecule is COC(=O)CSc1nnc(NS(=O)(=O)c2c(C)cc(C)cc2C)s1. The van der Waals surface area contributed by atoms with Crippen LogP contribution in [-0.4, -0.2) is 37.4 Å². The third-order valence-corrected chi connectivity index (χ3v) is 6.76. The van der Waals surface area contributed by atoms with Crippen molar-refractivity contribution >= 4 is 44.2 Å². The Kier molecular flexibility index (Phi) is 5.83. The number of nitrogens with zero attached hydrogens (tertiary/aromatic N) is 2. The summed E-state index contributed by atoms with van der Waals surface area (Å²) in [4.78, 5) is 11.4. The molecule has 10 heteroatoms.